The number of hydrazine groups is 1. The predicted molar refractivity (Wildman–Crippen MR) is 35.8 cm³/mol. The van der Waals surface area contributed by atoms with Crippen LogP contribution in [0.5, 0.6) is 0 Å². The molecule has 1 atom stereocenters. The van der Waals surface area contributed by atoms with Crippen molar-refractivity contribution >= 4 is 0 Å². The Kier molecular flexibility index (Phi) is 2.45. The lowest BCUT2D eigenvalue weighted by Gasteiger charge is -2.16. The molecule has 1 aliphatic rings. The molecule has 0 bridgehead atoms. The summed E-state index contributed by atoms with van der Waals surface area (Å²) >= 11 is 0. The van der Waals surface area contributed by atoms with Crippen LogP contribution in [0.4, 0.5) is 0 Å². The number of rotatable bonds is 2. The first-order chi connectivity index (χ1) is 4.34. The summed E-state index contributed by atoms with van der Waals surface area (Å²) in [7, 11) is 1.71. The molecule has 0 unspecified atom stereocenters. The largest absolute Gasteiger partial charge is 0.383 e. The third-order valence-electron chi connectivity index (χ3n) is 1.78. The number of hydrogen-bond acceptors (Lipinski definition) is 3. The molecule has 54 valence electrons. The summed E-state index contributed by atoms with van der Waals surface area (Å²) < 4.78 is 4.97. The molecular formula is C6H14N2O. The Bertz CT molecular complexity index is 87.1. The highest BCUT2D eigenvalue weighted by Crippen LogP contribution is 2.12. The van der Waals surface area contributed by atoms with E-state index in [1.54, 1.807) is 7.11 Å². The van der Waals surface area contributed by atoms with Gasteiger partial charge in [-0.15, -0.1) is 0 Å². The molecule has 1 fully saturated rings. The zero-order chi connectivity index (χ0) is 6.69. The zero-order valence-corrected chi connectivity index (χ0v) is 5.84. The topological polar surface area (TPSA) is 38.5 Å². The van der Waals surface area contributed by atoms with Crippen LogP contribution in [-0.2, 0) is 4.74 Å². The van der Waals surface area contributed by atoms with E-state index in [4.69, 9.17) is 10.6 Å². The molecule has 3 heteroatoms. The lowest BCUT2D eigenvalue weighted by molar-refractivity contribution is 0.116. The fourth-order valence-electron chi connectivity index (χ4n) is 1.23. The highest BCUT2D eigenvalue weighted by Gasteiger charge is 2.20. The Morgan fingerprint density at radius 1 is 1.78 bits per heavy atom. The molecule has 0 aromatic heterocycles. The van der Waals surface area contributed by atoms with Gasteiger partial charge in [0.15, 0.2) is 0 Å². The Labute approximate surface area is 55.7 Å². The molecule has 0 spiro atoms. The number of ether oxygens (including phenoxy) is 1. The first-order valence-corrected chi connectivity index (χ1v) is 3.35. The lowest BCUT2D eigenvalue weighted by atomic mass is 10.2. The van der Waals surface area contributed by atoms with Crippen LogP contribution in [0.1, 0.15) is 12.8 Å². The number of hydrogen-bond donors (Lipinski definition) is 1. The summed E-state index contributed by atoms with van der Waals surface area (Å²) in [6.45, 7) is 1.80. The predicted octanol–water partition coefficient (Wildman–Crippen LogP) is -0.0291. The minimum absolute atomic E-state index is 0.468. The second kappa shape index (κ2) is 3.15. The van der Waals surface area contributed by atoms with Crippen molar-refractivity contribution in [3.63, 3.8) is 0 Å². The van der Waals surface area contributed by atoms with E-state index in [1.165, 1.54) is 12.8 Å². The van der Waals surface area contributed by atoms with Gasteiger partial charge >= 0.3 is 0 Å². The van der Waals surface area contributed by atoms with Gasteiger partial charge in [0, 0.05) is 19.7 Å². The third kappa shape index (κ3) is 1.64. The standard InChI is InChI=1S/C6H14N2O/c1-9-5-6-3-2-4-8(6)7/h6H,2-5,7H2,1H3/t6-/m1/s1. The van der Waals surface area contributed by atoms with E-state index in [2.05, 4.69) is 0 Å². The van der Waals surface area contributed by atoms with Gasteiger partial charge in [0.25, 0.3) is 0 Å². The summed E-state index contributed by atoms with van der Waals surface area (Å²) in [6, 6.07) is 0.468. The van der Waals surface area contributed by atoms with Crippen LogP contribution in [0.15, 0.2) is 0 Å². The molecule has 0 aromatic rings. The molecular weight excluding hydrogens is 116 g/mol. The van der Waals surface area contributed by atoms with Crippen LogP contribution in [0.2, 0.25) is 0 Å². The van der Waals surface area contributed by atoms with Gasteiger partial charge < -0.3 is 4.74 Å². The van der Waals surface area contributed by atoms with Crippen molar-refractivity contribution in [2.45, 2.75) is 18.9 Å². The number of nitrogens with two attached hydrogens (primary N) is 1. The molecule has 0 amide bonds. The fourth-order valence-corrected chi connectivity index (χ4v) is 1.23. The van der Waals surface area contributed by atoms with Crippen molar-refractivity contribution in [3.8, 4) is 0 Å². The quantitative estimate of drug-likeness (QED) is 0.533. The first kappa shape index (κ1) is 6.99. The molecule has 0 saturated carbocycles. The molecule has 0 radical (unpaired) electrons. The smallest absolute Gasteiger partial charge is 0.0631 e. The van der Waals surface area contributed by atoms with Gasteiger partial charge in [0.2, 0.25) is 0 Å². The van der Waals surface area contributed by atoms with Gasteiger partial charge in [-0.2, -0.15) is 0 Å². The van der Waals surface area contributed by atoms with E-state index in [9.17, 15) is 0 Å². The van der Waals surface area contributed by atoms with Crippen LogP contribution in [0.3, 0.4) is 0 Å². The van der Waals surface area contributed by atoms with Crippen LogP contribution < -0.4 is 5.84 Å². The first-order valence-electron chi connectivity index (χ1n) is 3.35. The molecule has 1 heterocycles. The van der Waals surface area contributed by atoms with Gasteiger partial charge in [0.1, 0.15) is 0 Å². The van der Waals surface area contributed by atoms with Crippen LogP contribution in [0, 0.1) is 0 Å². The van der Waals surface area contributed by atoms with E-state index in [0.29, 0.717) is 6.04 Å². The van der Waals surface area contributed by atoms with Crippen molar-refractivity contribution in [3.05, 3.63) is 0 Å². The van der Waals surface area contributed by atoms with Crippen molar-refractivity contribution in [1.29, 1.82) is 0 Å². The second-order valence-corrected chi connectivity index (χ2v) is 2.49. The van der Waals surface area contributed by atoms with E-state index >= 15 is 0 Å². The summed E-state index contributed by atoms with van der Waals surface area (Å²) in [5.74, 6) is 5.62. The molecule has 0 aromatic carbocycles. The normalized spacial score (nSPS) is 29.3. The molecule has 1 aliphatic heterocycles. The SMILES string of the molecule is COC[C@H]1CCCN1N. The van der Waals surface area contributed by atoms with Crippen molar-refractivity contribution in [1.82, 2.24) is 5.01 Å². The van der Waals surface area contributed by atoms with Gasteiger partial charge in [-0.05, 0) is 12.8 Å². The third-order valence-corrected chi connectivity index (χ3v) is 1.78. The van der Waals surface area contributed by atoms with Crippen molar-refractivity contribution < 1.29 is 4.74 Å². The number of nitrogens with zero attached hydrogens (tertiary/aromatic N) is 1. The summed E-state index contributed by atoms with van der Waals surface area (Å²) in [5.41, 5.74) is 0. The minimum atomic E-state index is 0.468. The van der Waals surface area contributed by atoms with Gasteiger partial charge in [0.05, 0.1) is 6.61 Å². The van der Waals surface area contributed by atoms with E-state index < -0.39 is 0 Å². The van der Waals surface area contributed by atoms with E-state index in [0.717, 1.165) is 13.2 Å². The molecule has 9 heavy (non-hydrogen) atoms. The Morgan fingerprint density at radius 3 is 3.00 bits per heavy atom. The monoisotopic (exact) mass is 130 g/mol. The summed E-state index contributed by atoms with van der Waals surface area (Å²) in [5, 5.41) is 1.86. The second-order valence-electron chi connectivity index (χ2n) is 2.49. The van der Waals surface area contributed by atoms with Crippen molar-refractivity contribution in [2.24, 2.45) is 5.84 Å². The highest BCUT2D eigenvalue weighted by atomic mass is 16.5. The average molecular weight is 130 g/mol. The average Bonchev–Trinajstić information content (AvgIpc) is 2.18. The van der Waals surface area contributed by atoms with Crippen LogP contribution in [0.25, 0.3) is 0 Å². The maximum atomic E-state index is 5.62. The van der Waals surface area contributed by atoms with Crippen LogP contribution >= 0.6 is 0 Å². The van der Waals surface area contributed by atoms with Gasteiger partial charge in [-0.3, -0.25) is 5.84 Å². The summed E-state index contributed by atoms with van der Waals surface area (Å²) in [6.07, 6.45) is 2.40. The maximum Gasteiger partial charge on any atom is 0.0631 e. The van der Waals surface area contributed by atoms with Crippen LogP contribution in [-0.4, -0.2) is 31.3 Å². The Hall–Kier alpha value is -0.120. The zero-order valence-electron chi connectivity index (χ0n) is 5.84. The molecule has 1 rings (SSSR count). The summed E-state index contributed by atoms with van der Waals surface area (Å²) in [4.78, 5) is 0. The van der Waals surface area contributed by atoms with Crippen molar-refractivity contribution in [2.75, 3.05) is 20.3 Å². The van der Waals surface area contributed by atoms with Gasteiger partial charge in [-0.1, -0.05) is 0 Å². The molecule has 3 nitrogen and oxygen atoms in total. The van der Waals surface area contributed by atoms with E-state index in [-0.39, 0.29) is 0 Å². The molecule has 1 saturated heterocycles. The minimum Gasteiger partial charge on any atom is -0.383 e. The highest BCUT2D eigenvalue weighted by molar-refractivity contribution is 4.73. The number of methoxy groups -OCH3 is 1. The lowest BCUT2D eigenvalue weighted by Crippen LogP contribution is -2.38. The Morgan fingerprint density at radius 2 is 2.56 bits per heavy atom. The fraction of sp³-hybridized carbons (Fsp3) is 1.00. The Balaban J connectivity index is 2.22. The van der Waals surface area contributed by atoms with Gasteiger partial charge in [-0.25, -0.2) is 5.01 Å². The van der Waals surface area contributed by atoms with E-state index in [1.807, 2.05) is 5.01 Å². The molecule has 2 N–H and O–H groups in total. The maximum absolute atomic E-state index is 5.62. The molecule has 0 aliphatic carbocycles.